The van der Waals surface area contributed by atoms with Gasteiger partial charge in [-0.25, -0.2) is 0 Å². The van der Waals surface area contributed by atoms with Crippen molar-refractivity contribution in [2.24, 2.45) is 10.7 Å². The summed E-state index contributed by atoms with van der Waals surface area (Å²) in [7, 11) is 0. The molecule has 0 amide bonds. The summed E-state index contributed by atoms with van der Waals surface area (Å²) in [5.74, 6) is -0.280. The molecule has 1 fully saturated rings. The summed E-state index contributed by atoms with van der Waals surface area (Å²) in [4.78, 5) is 9.05. The molecule has 1 saturated heterocycles. The zero-order valence-electron chi connectivity index (χ0n) is 17.7. The van der Waals surface area contributed by atoms with Crippen molar-refractivity contribution < 1.29 is 17.9 Å². The van der Waals surface area contributed by atoms with Crippen molar-refractivity contribution in [3.8, 4) is 5.75 Å². The molecule has 3 rings (SSSR count). The number of piperazine rings is 1. The number of nitrogens with zero attached hydrogens (tertiary/aromatic N) is 3. The van der Waals surface area contributed by atoms with Gasteiger partial charge in [0, 0.05) is 38.4 Å². The van der Waals surface area contributed by atoms with E-state index in [1.807, 2.05) is 6.07 Å². The van der Waals surface area contributed by atoms with Gasteiger partial charge in [-0.15, -0.1) is 37.1 Å². The molecule has 6 nitrogen and oxygen atoms in total. The summed E-state index contributed by atoms with van der Waals surface area (Å²) in [5.41, 5.74) is 7.21. The van der Waals surface area contributed by atoms with Gasteiger partial charge in [-0.3, -0.25) is 9.89 Å². The number of aliphatic imine (C=N–C) groups is 1. The van der Waals surface area contributed by atoms with Crippen LogP contribution in [0.15, 0.2) is 59.6 Å². The molecule has 1 aliphatic rings. The van der Waals surface area contributed by atoms with Gasteiger partial charge in [0.15, 0.2) is 11.7 Å². The first kappa shape index (κ1) is 26.0. The Hall–Kier alpha value is -2.21. The van der Waals surface area contributed by atoms with E-state index in [1.54, 1.807) is 6.07 Å². The summed E-state index contributed by atoms with van der Waals surface area (Å²) >= 11 is 0. The number of anilines is 2. The van der Waals surface area contributed by atoms with Crippen LogP contribution in [0.1, 0.15) is 12.8 Å². The molecule has 0 unspecified atom stereocenters. The molecular formula is C22H29F3IN5O. The summed E-state index contributed by atoms with van der Waals surface area (Å²) in [6.45, 7) is 5.57. The lowest BCUT2D eigenvalue weighted by Gasteiger charge is -2.36. The Labute approximate surface area is 203 Å². The van der Waals surface area contributed by atoms with E-state index in [-0.39, 0.29) is 41.4 Å². The van der Waals surface area contributed by atoms with Gasteiger partial charge in [0.05, 0.1) is 5.69 Å². The van der Waals surface area contributed by atoms with Crippen LogP contribution in [0.3, 0.4) is 0 Å². The van der Waals surface area contributed by atoms with Crippen LogP contribution >= 0.6 is 24.0 Å². The number of ether oxygens (including phenoxy) is 1. The minimum atomic E-state index is -4.77. The van der Waals surface area contributed by atoms with E-state index in [4.69, 9.17) is 5.73 Å². The fraction of sp³-hybridized carbons (Fsp3) is 0.409. The summed E-state index contributed by atoms with van der Waals surface area (Å²) in [6.07, 6.45) is -2.94. The second-order valence-corrected chi connectivity index (χ2v) is 7.31. The Morgan fingerprint density at radius 1 is 0.969 bits per heavy atom. The van der Waals surface area contributed by atoms with Crippen molar-refractivity contribution in [3.63, 3.8) is 0 Å². The number of benzene rings is 2. The fourth-order valence-corrected chi connectivity index (χ4v) is 3.48. The predicted molar refractivity (Wildman–Crippen MR) is 133 cm³/mol. The van der Waals surface area contributed by atoms with E-state index >= 15 is 0 Å². The van der Waals surface area contributed by atoms with E-state index in [1.165, 1.54) is 23.9 Å². The lowest BCUT2D eigenvalue weighted by atomic mass is 10.2. The highest BCUT2D eigenvalue weighted by molar-refractivity contribution is 14.0. The first-order valence-corrected chi connectivity index (χ1v) is 10.3. The van der Waals surface area contributed by atoms with Crippen molar-refractivity contribution in [2.75, 3.05) is 49.5 Å². The number of nitrogens with two attached hydrogens (primary N) is 1. The van der Waals surface area contributed by atoms with Crippen LogP contribution in [-0.4, -0.2) is 56.5 Å². The molecule has 2 aromatic carbocycles. The smallest absolute Gasteiger partial charge is 0.404 e. The zero-order valence-corrected chi connectivity index (χ0v) is 20.1. The van der Waals surface area contributed by atoms with Gasteiger partial charge >= 0.3 is 6.36 Å². The maximum Gasteiger partial charge on any atom is 0.573 e. The molecule has 1 aliphatic heterocycles. The zero-order chi connectivity index (χ0) is 22.1. The number of nitrogens with one attached hydrogen (secondary N) is 1. The Bertz CT molecular complexity index is 843. The van der Waals surface area contributed by atoms with Crippen molar-refractivity contribution in [1.29, 1.82) is 0 Å². The molecule has 0 atom stereocenters. The number of para-hydroxylation sites is 3. The molecule has 176 valence electrons. The Kier molecular flexibility index (Phi) is 10.4. The number of guanidine groups is 1. The van der Waals surface area contributed by atoms with Crippen molar-refractivity contribution in [2.45, 2.75) is 19.2 Å². The van der Waals surface area contributed by atoms with Crippen LogP contribution < -0.4 is 20.7 Å². The number of halogens is 4. The average Bonchev–Trinajstić information content (AvgIpc) is 2.75. The standard InChI is InChI=1S/C22H28F3N5O.HI/c23-22(24,25)31-20-11-5-4-10-19(20)28-21(26)27-12-6-7-13-29-14-16-30(17-15-29)18-8-2-1-3-9-18;/h1-5,8-11H,6-7,12-17H2,(H3,26,27,28);1H. The van der Waals surface area contributed by atoms with Crippen LogP contribution in [0.25, 0.3) is 0 Å². The molecule has 0 bridgehead atoms. The van der Waals surface area contributed by atoms with Crippen LogP contribution in [0, 0.1) is 0 Å². The highest BCUT2D eigenvalue weighted by atomic mass is 127. The van der Waals surface area contributed by atoms with E-state index in [2.05, 4.69) is 49.1 Å². The SMILES string of the molecule is I.NC(=NCCCCN1CCN(c2ccccc2)CC1)Nc1ccccc1OC(F)(F)F. The summed E-state index contributed by atoms with van der Waals surface area (Å²) < 4.78 is 41.5. The van der Waals surface area contributed by atoms with Crippen molar-refractivity contribution in [3.05, 3.63) is 54.6 Å². The molecule has 1 heterocycles. The average molecular weight is 563 g/mol. The van der Waals surface area contributed by atoms with Gasteiger partial charge in [0.2, 0.25) is 0 Å². The predicted octanol–water partition coefficient (Wildman–Crippen LogP) is 4.53. The van der Waals surface area contributed by atoms with E-state index in [0.717, 1.165) is 45.6 Å². The maximum absolute atomic E-state index is 12.5. The van der Waals surface area contributed by atoms with E-state index in [0.29, 0.717) is 6.54 Å². The molecular weight excluding hydrogens is 534 g/mol. The van der Waals surface area contributed by atoms with Gasteiger partial charge in [-0.05, 0) is 43.7 Å². The number of unbranched alkanes of at least 4 members (excludes halogenated alkanes) is 1. The highest BCUT2D eigenvalue weighted by Gasteiger charge is 2.32. The number of hydrogen-bond acceptors (Lipinski definition) is 4. The first-order valence-electron chi connectivity index (χ1n) is 10.3. The molecule has 0 saturated carbocycles. The molecule has 0 aromatic heterocycles. The Morgan fingerprint density at radius 2 is 1.62 bits per heavy atom. The van der Waals surface area contributed by atoms with E-state index < -0.39 is 6.36 Å². The number of hydrogen-bond donors (Lipinski definition) is 2. The second-order valence-electron chi connectivity index (χ2n) is 7.31. The van der Waals surface area contributed by atoms with Gasteiger partial charge in [-0.2, -0.15) is 0 Å². The van der Waals surface area contributed by atoms with Crippen molar-refractivity contribution >= 4 is 41.3 Å². The topological polar surface area (TPSA) is 66.1 Å². The lowest BCUT2D eigenvalue weighted by molar-refractivity contribution is -0.274. The number of rotatable bonds is 8. The van der Waals surface area contributed by atoms with Crippen LogP contribution in [0.5, 0.6) is 5.75 Å². The molecule has 0 spiro atoms. The maximum atomic E-state index is 12.5. The summed E-state index contributed by atoms with van der Waals surface area (Å²) in [6, 6.07) is 16.2. The number of alkyl halides is 3. The normalized spacial score (nSPS) is 15.2. The fourth-order valence-electron chi connectivity index (χ4n) is 3.48. The van der Waals surface area contributed by atoms with Gasteiger partial charge < -0.3 is 20.7 Å². The largest absolute Gasteiger partial charge is 0.573 e. The Balaban J connectivity index is 0.00000363. The molecule has 0 radical (unpaired) electrons. The molecule has 3 N–H and O–H groups in total. The van der Waals surface area contributed by atoms with Crippen LogP contribution in [0.4, 0.5) is 24.5 Å². The third kappa shape index (κ3) is 8.73. The van der Waals surface area contributed by atoms with Crippen LogP contribution in [-0.2, 0) is 0 Å². The second kappa shape index (κ2) is 12.7. The minimum Gasteiger partial charge on any atom is -0.404 e. The van der Waals surface area contributed by atoms with Crippen LogP contribution in [0.2, 0.25) is 0 Å². The van der Waals surface area contributed by atoms with Gasteiger partial charge in [-0.1, -0.05) is 30.3 Å². The lowest BCUT2D eigenvalue weighted by Crippen LogP contribution is -2.46. The van der Waals surface area contributed by atoms with E-state index in [9.17, 15) is 13.2 Å². The highest BCUT2D eigenvalue weighted by Crippen LogP contribution is 2.29. The summed E-state index contributed by atoms with van der Waals surface area (Å²) in [5, 5.41) is 2.68. The first-order chi connectivity index (χ1) is 14.9. The molecule has 2 aromatic rings. The quantitative estimate of drug-likeness (QED) is 0.214. The third-order valence-corrected chi connectivity index (χ3v) is 5.03. The minimum absolute atomic E-state index is 0. The van der Waals surface area contributed by atoms with Crippen molar-refractivity contribution in [1.82, 2.24) is 4.90 Å². The third-order valence-electron chi connectivity index (χ3n) is 5.03. The Morgan fingerprint density at radius 3 is 2.31 bits per heavy atom. The van der Waals surface area contributed by atoms with Gasteiger partial charge in [0.25, 0.3) is 0 Å². The molecule has 10 heteroatoms. The molecule has 32 heavy (non-hydrogen) atoms. The monoisotopic (exact) mass is 563 g/mol. The molecule has 0 aliphatic carbocycles. The van der Waals surface area contributed by atoms with Gasteiger partial charge in [0.1, 0.15) is 0 Å².